The van der Waals surface area contributed by atoms with Gasteiger partial charge in [-0.15, -0.1) is 3.63 Å². The first-order valence-corrected chi connectivity index (χ1v) is 5.78. The highest BCUT2D eigenvalue weighted by Crippen LogP contribution is 2.19. The van der Waals surface area contributed by atoms with Crippen LogP contribution < -0.4 is 5.73 Å². The van der Waals surface area contributed by atoms with E-state index in [4.69, 9.17) is 10.3 Å². The molecule has 3 N–H and O–H groups in total. The SMILES string of the molecule is Nc1ccccc1S(=O)(=O)OS(=O)O. The molecule has 0 fully saturated rings. The van der Waals surface area contributed by atoms with Gasteiger partial charge in [-0.05, 0) is 12.1 Å². The number of nitrogens with two attached hydrogens (primary N) is 1. The molecule has 0 spiro atoms. The largest absolute Gasteiger partial charge is 0.398 e. The number of para-hydroxylation sites is 1. The maximum Gasteiger partial charge on any atom is 0.317 e. The molecule has 0 bridgehead atoms. The lowest BCUT2D eigenvalue weighted by molar-refractivity contribution is 0.443. The van der Waals surface area contributed by atoms with Gasteiger partial charge in [-0.25, -0.2) is 0 Å². The third-order valence-corrected chi connectivity index (χ3v) is 3.43. The van der Waals surface area contributed by atoms with Crippen molar-refractivity contribution < 1.29 is 20.8 Å². The zero-order chi connectivity index (χ0) is 10.8. The third-order valence-electron chi connectivity index (χ3n) is 1.34. The zero-order valence-electron chi connectivity index (χ0n) is 6.78. The van der Waals surface area contributed by atoms with Crippen LogP contribution in [-0.2, 0) is 25.1 Å². The maximum atomic E-state index is 11.2. The molecule has 8 heteroatoms. The molecule has 0 heterocycles. The first-order chi connectivity index (χ1) is 6.43. The summed E-state index contributed by atoms with van der Waals surface area (Å²) in [7, 11) is -4.27. The van der Waals surface area contributed by atoms with Crippen LogP contribution in [0.3, 0.4) is 0 Å². The van der Waals surface area contributed by atoms with Crippen molar-refractivity contribution in [2.45, 2.75) is 4.90 Å². The maximum absolute atomic E-state index is 11.2. The summed E-state index contributed by atoms with van der Waals surface area (Å²) in [5, 5.41) is 0. The van der Waals surface area contributed by atoms with Gasteiger partial charge in [-0.2, -0.15) is 12.6 Å². The number of benzene rings is 1. The molecular weight excluding hydrogens is 230 g/mol. The van der Waals surface area contributed by atoms with Gasteiger partial charge in [0.05, 0.1) is 5.69 Å². The summed E-state index contributed by atoms with van der Waals surface area (Å²) in [5.41, 5.74) is 5.30. The predicted molar refractivity (Wildman–Crippen MR) is 49.9 cm³/mol. The molecule has 0 amide bonds. The van der Waals surface area contributed by atoms with Gasteiger partial charge in [0, 0.05) is 0 Å². The number of hydrogen-bond donors (Lipinski definition) is 2. The summed E-state index contributed by atoms with van der Waals surface area (Å²) in [6.07, 6.45) is 0. The van der Waals surface area contributed by atoms with Crippen molar-refractivity contribution >= 4 is 27.2 Å². The van der Waals surface area contributed by atoms with Gasteiger partial charge in [0.25, 0.3) is 0 Å². The van der Waals surface area contributed by atoms with E-state index in [1.165, 1.54) is 24.3 Å². The summed E-state index contributed by atoms with van der Waals surface area (Å²) >= 11 is -2.89. The first kappa shape index (κ1) is 11.1. The fourth-order valence-corrected chi connectivity index (χ4v) is 2.33. The minimum absolute atomic E-state index is 0.0436. The Balaban J connectivity index is 3.17. The molecule has 0 aliphatic rings. The van der Waals surface area contributed by atoms with Crippen LogP contribution in [0.5, 0.6) is 0 Å². The molecule has 0 saturated heterocycles. The van der Waals surface area contributed by atoms with Crippen LogP contribution in [0.4, 0.5) is 5.69 Å². The molecular formula is C6H7NO5S2. The second-order valence-corrected chi connectivity index (χ2v) is 4.60. The van der Waals surface area contributed by atoms with Gasteiger partial charge in [-0.3, -0.25) is 4.55 Å². The molecule has 1 unspecified atom stereocenters. The van der Waals surface area contributed by atoms with Crippen LogP contribution in [0.1, 0.15) is 0 Å². The van der Waals surface area contributed by atoms with Crippen LogP contribution in [0, 0.1) is 0 Å². The highest BCUT2D eigenvalue weighted by Gasteiger charge is 2.20. The van der Waals surface area contributed by atoms with Gasteiger partial charge in [0.2, 0.25) is 0 Å². The van der Waals surface area contributed by atoms with Crippen molar-refractivity contribution in [2.75, 3.05) is 5.73 Å². The lowest BCUT2D eigenvalue weighted by Crippen LogP contribution is -2.10. The van der Waals surface area contributed by atoms with Crippen LogP contribution in [0.25, 0.3) is 0 Å². The van der Waals surface area contributed by atoms with Crippen molar-refractivity contribution in [3.8, 4) is 0 Å². The van der Waals surface area contributed by atoms with Crippen LogP contribution >= 0.6 is 0 Å². The van der Waals surface area contributed by atoms with E-state index >= 15 is 0 Å². The molecule has 78 valence electrons. The molecule has 0 saturated carbocycles. The molecule has 0 aliphatic heterocycles. The van der Waals surface area contributed by atoms with E-state index in [0.717, 1.165) is 0 Å². The lowest BCUT2D eigenvalue weighted by atomic mass is 10.3. The summed E-state index contributed by atoms with van der Waals surface area (Å²) in [4.78, 5) is -0.331. The molecule has 1 rings (SSSR count). The average Bonchev–Trinajstić information content (AvgIpc) is 2.02. The number of anilines is 1. The second kappa shape index (κ2) is 4.05. The van der Waals surface area contributed by atoms with Crippen molar-refractivity contribution in [3.05, 3.63) is 24.3 Å². The van der Waals surface area contributed by atoms with Gasteiger partial charge in [0.15, 0.2) is 0 Å². The Morgan fingerprint density at radius 2 is 1.93 bits per heavy atom. The van der Waals surface area contributed by atoms with Crippen molar-refractivity contribution in [1.29, 1.82) is 0 Å². The molecule has 6 nitrogen and oxygen atoms in total. The standard InChI is InChI=1S/C6H7NO5S2/c7-5-3-1-2-4-6(5)14(10,11)12-13(8)9/h1-4H,7H2,(H,8,9). The molecule has 1 aromatic carbocycles. The van der Waals surface area contributed by atoms with E-state index in [9.17, 15) is 12.6 Å². The minimum Gasteiger partial charge on any atom is -0.398 e. The van der Waals surface area contributed by atoms with Crippen molar-refractivity contribution in [1.82, 2.24) is 0 Å². The molecule has 1 aromatic rings. The first-order valence-electron chi connectivity index (χ1n) is 3.34. The normalized spacial score (nSPS) is 13.8. The fraction of sp³-hybridized carbons (Fsp3) is 0. The Hall–Kier alpha value is -0.960. The molecule has 0 radical (unpaired) electrons. The summed E-state index contributed by atoms with van der Waals surface area (Å²) in [6.45, 7) is 0. The Morgan fingerprint density at radius 1 is 1.36 bits per heavy atom. The Bertz CT molecular complexity index is 455. The van der Waals surface area contributed by atoms with E-state index in [2.05, 4.69) is 3.63 Å². The third kappa shape index (κ3) is 2.51. The summed E-state index contributed by atoms with van der Waals surface area (Å²) < 4.78 is 44.7. The molecule has 14 heavy (non-hydrogen) atoms. The number of rotatable bonds is 3. The quantitative estimate of drug-likeness (QED) is 0.570. The van der Waals surface area contributed by atoms with Gasteiger partial charge >= 0.3 is 21.5 Å². The van der Waals surface area contributed by atoms with Gasteiger partial charge < -0.3 is 5.73 Å². The van der Waals surface area contributed by atoms with Gasteiger partial charge in [0.1, 0.15) is 4.90 Å². The van der Waals surface area contributed by atoms with E-state index in [0.29, 0.717) is 0 Å². The Labute approximate surface area is 83.3 Å². The highest BCUT2D eigenvalue weighted by atomic mass is 32.3. The van der Waals surface area contributed by atoms with Crippen LogP contribution in [0.2, 0.25) is 0 Å². The topological polar surface area (TPSA) is 107 Å². The van der Waals surface area contributed by atoms with E-state index in [1.54, 1.807) is 0 Å². The zero-order valence-corrected chi connectivity index (χ0v) is 8.42. The van der Waals surface area contributed by atoms with E-state index < -0.39 is 21.5 Å². The molecule has 0 aliphatic carbocycles. The monoisotopic (exact) mass is 237 g/mol. The van der Waals surface area contributed by atoms with Crippen molar-refractivity contribution in [2.24, 2.45) is 0 Å². The molecule has 0 aromatic heterocycles. The fourth-order valence-electron chi connectivity index (χ4n) is 0.821. The average molecular weight is 237 g/mol. The predicted octanol–water partition coefficient (Wildman–Crippen LogP) is 0.111. The van der Waals surface area contributed by atoms with Crippen molar-refractivity contribution in [3.63, 3.8) is 0 Å². The Kier molecular flexibility index (Phi) is 3.21. The van der Waals surface area contributed by atoms with Gasteiger partial charge in [-0.1, -0.05) is 12.1 Å². The second-order valence-electron chi connectivity index (χ2n) is 2.28. The number of nitrogen functional groups attached to an aromatic ring is 1. The summed E-state index contributed by atoms with van der Waals surface area (Å²) in [5.74, 6) is 0. The van der Waals surface area contributed by atoms with E-state index in [-0.39, 0.29) is 10.6 Å². The smallest absolute Gasteiger partial charge is 0.317 e. The van der Waals surface area contributed by atoms with E-state index in [1.807, 2.05) is 0 Å². The number of hydrogen-bond acceptors (Lipinski definition) is 5. The molecule has 1 atom stereocenters. The Morgan fingerprint density at radius 3 is 2.43 bits per heavy atom. The highest BCUT2D eigenvalue weighted by molar-refractivity contribution is 7.95. The van der Waals surface area contributed by atoms with Crippen LogP contribution in [0.15, 0.2) is 29.2 Å². The minimum atomic E-state index is -4.27. The lowest BCUT2D eigenvalue weighted by Gasteiger charge is -2.03. The summed E-state index contributed by atoms with van der Waals surface area (Å²) in [6, 6.07) is 5.48. The van der Waals surface area contributed by atoms with Crippen LogP contribution in [-0.4, -0.2) is 17.2 Å².